The lowest BCUT2D eigenvalue weighted by atomic mass is 10.1. The van der Waals surface area contributed by atoms with Gasteiger partial charge >= 0.3 is 6.36 Å². The van der Waals surface area contributed by atoms with E-state index in [0.29, 0.717) is 0 Å². The Morgan fingerprint density at radius 2 is 2.00 bits per heavy atom. The van der Waals surface area contributed by atoms with Crippen LogP contribution in [0.4, 0.5) is 13.2 Å². The fourth-order valence-corrected chi connectivity index (χ4v) is 2.21. The summed E-state index contributed by atoms with van der Waals surface area (Å²) in [7, 11) is 0. The molecular formula is C12H20F3N3O. The second kappa shape index (κ2) is 6.38. The summed E-state index contributed by atoms with van der Waals surface area (Å²) >= 11 is 0. The van der Waals surface area contributed by atoms with Gasteiger partial charge in [0.25, 0.3) is 0 Å². The van der Waals surface area contributed by atoms with Crippen LogP contribution in [0.15, 0.2) is 0 Å². The molecule has 1 aromatic rings. The van der Waals surface area contributed by atoms with E-state index in [0.717, 1.165) is 23.5 Å². The minimum Gasteiger partial charge on any atom is -0.310 e. The lowest BCUT2D eigenvalue weighted by molar-refractivity contribution is -0.325. The van der Waals surface area contributed by atoms with Crippen molar-refractivity contribution in [1.29, 1.82) is 0 Å². The van der Waals surface area contributed by atoms with E-state index in [1.54, 1.807) is 4.68 Å². The third-order valence-electron chi connectivity index (χ3n) is 2.95. The molecule has 1 unspecified atom stereocenters. The highest BCUT2D eigenvalue weighted by molar-refractivity contribution is 5.27. The molecule has 0 bridgehead atoms. The largest absolute Gasteiger partial charge is 0.522 e. The number of aryl methyl sites for hydroxylation is 1. The number of rotatable bonds is 6. The Morgan fingerprint density at radius 1 is 1.37 bits per heavy atom. The number of hydrogen-bond donors (Lipinski definition) is 1. The number of alkyl halides is 3. The summed E-state index contributed by atoms with van der Waals surface area (Å²) in [4.78, 5) is 0. The van der Waals surface area contributed by atoms with Crippen LogP contribution in [0, 0.1) is 13.8 Å². The van der Waals surface area contributed by atoms with Crippen molar-refractivity contribution in [1.82, 2.24) is 15.1 Å². The molecule has 0 radical (unpaired) electrons. The fraction of sp³-hybridized carbons (Fsp3) is 0.750. The smallest absolute Gasteiger partial charge is 0.310 e. The molecule has 1 rings (SSSR count). The second-order valence-corrected chi connectivity index (χ2v) is 4.38. The molecule has 1 aromatic heterocycles. The van der Waals surface area contributed by atoms with Gasteiger partial charge in [-0.05, 0) is 27.3 Å². The number of nitrogens with zero attached hydrogens (tertiary/aromatic N) is 2. The van der Waals surface area contributed by atoms with E-state index < -0.39 is 13.0 Å². The average molecular weight is 279 g/mol. The molecule has 0 aliphatic heterocycles. The maximum atomic E-state index is 11.9. The number of hydrogen-bond acceptors (Lipinski definition) is 3. The topological polar surface area (TPSA) is 39.1 Å². The Kier molecular flexibility index (Phi) is 5.37. The van der Waals surface area contributed by atoms with Gasteiger partial charge in [0, 0.05) is 17.3 Å². The maximum Gasteiger partial charge on any atom is 0.522 e. The molecule has 1 atom stereocenters. The summed E-state index contributed by atoms with van der Waals surface area (Å²) in [6, 6.07) is 0.127. The standard InChI is InChI=1S/C12H20F3N3O/c1-5-16-8(2)11-9(3)17-18(10(11)4)6-7-19-12(13,14)15/h8,16H,5-7H2,1-4H3. The van der Waals surface area contributed by atoms with E-state index in [2.05, 4.69) is 15.2 Å². The normalized spacial score (nSPS) is 13.8. The predicted octanol–water partition coefficient (Wildman–Crippen LogP) is 2.71. The zero-order valence-corrected chi connectivity index (χ0v) is 11.6. The molecule has 110 valence electrons. The van der Waals surface area contributed by atoms with Gasteiger partial charge in [0.2, 0.25) is 0 Å². The van der Waals surface area contributed by atoms with Crippen LogP contribution in [0.25, 0.3) is 0 Å². The summed E-state index contributed by atoms with van der Waals surface area (Å²) in [5.74, 6) is 0. The molecule has 0 saturated heterocycles. The third-order valence-corrected chi connectivity index (χ3v) is 2.95. The first-order chi connectivity index (χ1) is 8.76. The first-order valence-corrected chi connectivity index (χ1v) is 6.24. The van der Waals surface area contributed by atoms with Crippen LogP contribution in [0.2, 0.25) is 0 Å². The van der Waals surface area contributed by atoms with Gasteiger partial charge in [-0.3, -0.25) is 9.42 Å². The highest BCUT2D eigenvalue weighted by Gasteiger charge is 2.29. The molecule has 0 spiro atoms. The van der Waals surface area contributed by atoms with Crippen LogP contribution in [-0.4, -0.2) is 29.3 Å². The fourth-order valence-electron chi connectivity index (χ4n) is 2.21. The van der Waals surface area contributed by atoms with Crippen molar-refractivity contribution in [2.45, 2.75) is 46.6 Å². The number of ether oxygens (including phenoxy) is 1. The SMILES string of the molecule is CCNC(C)c1c(C)nn(CCOC(F)(F)F)c1C. The molecule has 7 heteroatoms. The zero-order valence-electron chi connectivity index (χ0n) is 11.6. The molecule has 0 fully saturated rings. The van der Waals surface area contributed by atoms with E-state index in [-0.39, 0.29) is 12.6 Å². The van der Waals surface area contributed by atoms with E-state index in [1.165, 1.54) is 0 Å². The van der Waals surface area contributed by atoms with Crippen molar-refractivity contribution in [2.75, 3.05) is 13.2 Å². The summed E-state index contributed by atoms with van der Waals surface area (Å²) in [5, 5.41) is 7.53. The van der Waals surface area contributed by atoms with Crippen LogP contribution in [0.3, 0.4) is 0 Å². The van der Waals surface area contributed by atoms with E-state index in [4.69, 9.17) is 0 Å². The molecular weight excluding hydrogens is 259 g/mol. The highest BCUT2D eigenvalue weighted by Crippen LogP contribution is 2.21. The Morgan fingerprint density at radius 3 is 2.53 bits per heavy atom. The lowest BCUT2D eigenvalue weighted by Crippen LogP contribution is -2.20. The summed E-state index contributed by atoms with van der Waals surface area (Å²) in [6.45, 7) is 8.21. The third kappa shape index (κ3) is 4.50. The van der Waals surface area contributed by atoms with Gasteiger partial charge in [-0.2, -0.15) is 5.10 Å². The Balaban J connectivity index is 2.73. The van der Waals surface area contributed by atoms with E-state index in [9.17, 15) is 13.2 Å². The molecule has 19 heavy (non-hydrogen) atoms. The van der Waals surface area contributed by atoms with Gasteiger partial charge in [-0.1, -0.05) is 6.92 Å². The quantitative estimate of drug-likeness (QED) is 0.870. The van der Waals surface area contributed by atoms with Gasteiger partial charge in [0.15, 0.2) is 0 Å². The predicted molar refractivity (Wildman–Crippen MR) is 65.8 cm³/mol. The lowest BCUT2D eigenvalue weighted by Gasteiger charge is -2.13. The van der Waals surface area contributed by atoms with Crippen molar-refractivity contribution in [3.8, 4) is 0 Å². The van der Waals surface area contributed by atoms with Crippen LogP contribution in [0.1, 0.15) is 36.8 Å². The van der Waals surface area contributed by atoms with Crippen LogP contribution < -0.4 is 5.32 Å². The molecule has 1 N–H and O–H groups in total. The molecule has 0 aromatic carbocycles. The van der Waals surface area contributed by atoms with Crippen molar-refractivity contribution in [3.63, 3.8) is 0 Å². The van der Waals surface area contributed by atoms with Crippen molar-refractivity contribution < 1.29 is 17.9 Å². The highest BCUT2D eigenvalue weighted by atomic mass is 19.4. The van der Waals surface area contributed by atoms with Gasteiger partial charge in [0.05, 0.1) is 18.8 Å². The van der Waals surface area contributed by atoms with Crippen LogP contribution in [0.5, 0.6) is 0 Å². The molecule has 0 aliphatic carbocycles. The van der Waals surface area contributed by atoms with Gasteiger partial charge < -0.3 is 5.32 Å². The van der Waals surface area contributed by atoms with E-state index in [1.807, 2.05) is 27.7 Å². The molecule has 1 heterocycles. The Labute approximate surface area is 110 Å². The first kappa shape index (κ1) is 16.0. The van der Waals surface area contributed by atoms with E-state index >= 15 is 0 Å². The van der Waals surface area contributed by atoms with Gasteiger partial charge in [-0.25, -0.2) is 0 Å². The van der Waals surface area contributed by atoms with Crippen LogP contribution >= 0.6 is 0 Å². The molecule has 4 nitrogen and oxygen atoms in total. The number of nitrogens with one attached hydrogen (secondary N) is 1. The Bertz CT molecular complexity index is 415. The number of halogens is 3. The zero-order chi connectivity index (χ0) is 14.6. The number of aromatic nitrogens is 2. The minimum absolute atomic E-state index is 0.0883. The van der Waals surface area contributed by atoms with Crippen LogP contribution in [-0.2, 0) is 11.3 Å². The molecule has 0 aliphatic rings. The van der Waals surface area contributed by atoms with Gasteiger partial charge in [0.1, 0.15) is 0 Å². The second-order valence-electron chi connectivity index (χ2n) is 4.38. The van der Waals surface area contributed by atoms with Crippen molar-refractivity contribution in [2.24, 2.45) is 0 Å². The van der Waals surface area contributed by atoms with Crippen molar-refractivity contribution >= 4 is 0 Å². The average Bonchev–Trinajstić information content (AvgIpc) is 2.53. The molecule has 0 amide bonds. The monoisotopic (exact) mass is 279 g/mol. The van der Waals surface area contributed by atoms with Crippen molar-refractivity contribution in [3.05, 3.63) is 17.0 Å². The van der Waals surface area contributed by atoms with Gasteiger partial charge in [-0.15, -0.1) is 13.2 Å². The first-order valence-electron chi connectivity index (χ1n) is 6.24. The maximum absolute atomic E-state index is 11.9. The summed E-state index contributed by atoms with van der Waals surface area (Å²) < 4.78 is 41.1. The minimum atomic E-state index is -4.59. The summed E-state index contributed by atoms with van der Waals surface area (Å²) in [6.07, 6.45) is -4.59. The summed E-state index contributed by atoms with van der Waals surface area (Å²) in [5.41, 5.74) is 2.74. The Hall–Kier alpha value is -1.08. The molecule has 0 saturated carbocycles.